The molecule has 3 aromatic rings. The number of hydrogen-bond acceptors (Lipinski definition) is 5. The van der Waals surface area contributed by atoms with Gasteiger partial charge in [0.15, 0.2) is 0 Å². The first-order valence-electron chi connectivity index (χ1n) is 9.70. The van der Waals surface area contributed by atoms with Crippen LogP contribution in [0.1, 0.15) is 37.4 Å². The first-order valence-corrected chi connectivity index (χ1v) is 9.70. The SMILES string of the molecule is COC(=O)c1ccc(CN(Cc2ccccc2)Cc2ccc(C(=O)OC)cc2)cc1. The zero-order valence-corrected chi connectivity index (χ0v) is 17.2. The molecule has 0 spiro atoms. The molecule has 3 aromatic carbocycles. The fourth-order valence-corrected chi connectivity index (χ4v) is 3.25. The van der Waals surface area contributed by atoms with Crippen molar-refractivity contribution in [3.05, 3.63) is 107 Å². The zero-order valence-electron chi connectivity index (χ0n) is 17.2. The van der Waals surface area contributed by atoms with Crippen LogP contribution in [0.3, 0.4) is 0 Å². The molecule has 154 valence electrons. The lowest BCUT2D eigenvalue weighted by Crippen LogP contribution is -2.22. The molecule has 0 bridgehead atoms. The van der Waals surface area contributed by atoms with Crippen LogP contribution in [-0.2, 0) is 29.1 Å². The van der Waals surface area contributed by atoms with E-state index in [0.717, 1.165) is 30.8 Å². The highest BCUT2D eigenvalue weighted by Gasteiger charge is 2.11. The first kappa shape index (κ1) is 21.3. The van der Waals surface area contributed by atoms with E-state index in [0.29, 0.717) is 11.1 Å². The Labute approximate surface area is 176 Å². The van der Waals surface area contributed by atoms with Crippen molar-refractivity contribution in [2.24, 2.45) is 0 Å². The van der Waals surface area contributed by atoms with Crippen molar-refractivity contribution < 1.29 is 19.1 Å². The molecule has 5 heteroatoms. The molecule has 0 amide bonds. The Balaban J connectivity index is 1.76. The smallest absolute Gasteiger partial charge is 0.337 e. The lowest BCUT2D eigenvalue weighted by atomic mass is 10.1. The number of esters is 2. The predicted molar refractivity (Wildman–Crippen MR) is 115 cm³/mol. The van der Waals surface area contributed by atoms with Crippen LogP contribution in [0, 0.1) is 0 Å². The summed E-state index contributed by atoms with van der Waals surface area (Å²) in [6.45, 7) is 2.21. The summed E-state index contributed by atoms with van der Waals surface area (Å²) in [5.41, 5.74) is 4.49. The topological polar surface area (TPSA) is 55.8 Å². The van der Waals surface area contributed by atoms with Gasteiger partial charge in [-0.2, -0.15) is 0 Å². The van der Waals surface area contributed by atoms with Crippen molar-refractivity contribution >= 4 is 11.9 Å². The van der Waals surface area contributed by atoms with Gasteiger partial charge in [0.2, 0.25) is 0 Å². The van der Waals surface area contributed by atoms with Gasteiger partial charge in [-0.3, -0.25) is 4.90 Å². The molecule has 0 saturated carbocycles. The summed E-state index contributed by atoms with van der Waals surface area (Å²) >= 11 is 0. The van der Waals surface area contributed by atoms with Crippen LogP contribution in [0.5, 0.6) is 0 Å². The molecule has 5 nitrogen and oxygen atoms in total. The molecule has 0 aromatic heterocycles. The standard InChI is InChI=1S/C25H25NO4/c1-29-24(27)22-12-8-20(9-13-22)17-26(16-19-6-4-3-5-7-19)18-21-10-14-23(15-11-21)25(28)30-2/h3-15H,16-18H2,1-2H3. The molecule has 0 heterocycles. The summed E-state index contributed by atoms with van der Waals surface area (Å²) in [4.78, 5) is 25.6. The van der Waals surface area contributed by atoms with E-state index < -0.39 is 0 Å². The molecule has 0 N–H and O–H groups in total. The second-order valence-electron chi connectivity index (χ2n) is 7.01. The van der Waals surface area contributed by atoms with E-state index in [1.807, 2.05) is 42.5 Å². The number of ether oxygens (including phenoxy) is 2. The third kappa shape index (κ3) is 5.78. The molecule has 0 unspecified atom stereocenters. The second-order valence-corrected chi connectivity index (χ2v) is 7.01. The van der Waals surface area contributed by atoms with Crippen LogP contribution in [-0.4, -0.2) is 31.1 Å². The van der Waals surface area contributed by atoms with E-state index >= 15 is 0 Å². The summed E-state index contributed by atoms with van der Waals surface area (Å²) in [5, 5.41) is 0. The Morgan fingerprint density at radius 1 is 0.600 bits per heavy atom. The Morgan fingerprint density at radius 3 is 1.33 bits per heavy atom. The number of rotatable bonds is 8. The Bertz CT molecular complexity index is 905. The fourth-order valence-electron chi connectivity index (χ4n) is 3.25. The maximum Gasteiger partial charge on any atom is 0.337 e. The van der Waals surface area contributed by atoms with Gasteiger partial charge in [0.1, 0.15) is 0 Å². The Morgan fingerprint density at radius 2 is 0.967 bits per heavy atom. The number of methoxy groups -OCH3 is 2. The third-order valence-corrected chi connectivity index (χ3v) is 4.81. The van der Waals surface area contributed by atoms with Gasteiger partial charge >= 0.3 is 11.9 Å². The van der Waals surface area contributed by atoms with Crippen LogP contribution >= 0.6 is 0 Å². The summed E-state index contributed by atoms with van der Waals surface area (Å²) in [6.07, 6.45) is 0. The van der Waals surface area contributed by atoms with Crippen LogP contribution in [0.15, 0.2) is 78.9 Å². The molecule has 0 aliphatic rings. The number of hydrogen-bond donors (Lipinski definition) is 0. The number of carbonyl (C=O) groups excluding carboxylic acids is 2. The molecule has 3 rings (SSSR count). The van der Waals surface area contributed by atoms with Gasteiger partial charge < -0.3 is 9.47 Å². The van der Waals surface area contributed by atoms with E-state index in [4.69, 9.17) is 9.47 Å². The van der Waals surface area contributed by atoms with E-state index in [2.05, 4.69) is 17.0 Å². The molecule has 0 fully saturated rings. The van der Waals surface area contributed by atoms with Gasteiger partial charge in [-0.05, 0) is 41.0 Å². The van der Waals surface area contributed by atoms with Crippen LogP contribution < -0.4 is 0 Å². The van der Waals surface area contributed by atoms with E-state index in [-0.39, 0.29) is 11.9 Å². The van der Waals surface area contributed by atoms with Crippen LogP contribution in [0.4, 0.5) is 0 Å². The van der Waals surface area contributed by atoms with Gasteiger partial charge in [-0.15, -0.1) is 0 Å². The van der Waals surface area contributed by atoms with Gasteiger partial charge in [0, 0.05) is 19.6 Å². The highest BCUT2D eigenvalue weighted by atomic mass is 16.5. The quantitative estimate of drug-likeness (QED) is 0.520. The summed E-state index contributed by atoms with van der Waals surface area (Å²) < 4.78 is 9.54. The molecule has 0 aliphatic carbocycles. The van der Waals surface area contributed by atoms with Gasteiger partial charge in [0.25, 0.3) is 0 Å². The third-order valence-electron chi connectivity index (χ3n) is 4.81. The fraction of sp³-hybridized carbons (Fsp3) is 0.200. The lowest BCUT2D eigenvalue weighted by Gasteiger charge is -2.23. The first-order chi connectivity index (χ1) is 14.6. The Kier molecular flexibility index (Phi) is 7.35. The van der Waals surface area contributed by atoms with Crippen LogP contribution in [0.25, 0.3) is 0 Å². The van der Waals surface area contributed by atoms with Crippen molar-refractivity contribution in [2.45, 2.75) is 19.6 Å². The number of benzene rings is 3. The maximum absolute atomic E-state index is 11.7. The van der Waals surface area contributed by atoms with E-state index in [1.54, 1.807) is 24.3 Å². The summed E-state index contributed by atoms with van der Waals surface area (Å²) in [7, 11) is 2.76. The maximum atomic E-state index is 11.7. The van der Waals surface area contributed by atoms with Gasteiger partial charge in [0.05, 0.1) is 25.3 Å². The summed E-state index contributed by atoms with van der Waals surface area (Å²) in [5.74, 6) is -0.679. The highest BCUT2D eigenvalue weighted by molar-refractivity contribution is 5.89. The number of nitrogens with zero attached hydrogens (tertiary/aromatic N) is 1. The minimum absolute atomic E-state index is 0.339. The Hall–Kier alpha value is -3.44. The summed E-state index contributed by atoms with van der Waals surface area (Å²) in [6, 6.07) is 25.2. The molecule has 0 saturated heterocycles. The van der Waals surface area contributed by atoms with Crippen molar-refractivity contribution in [3.63, 3.8) is 0 Å². The highest BCUT2D eigenvalue weighted by Crippen LogP contribution is 2.16. The molecule has 0 aliphatic heterocycles. The van der Waals surface area contributed by atoms with E-state index in [1.165, 1.54) is 19.8 Å². The van der Waals surface area contributed by atoms with Crippen molar-refractivity contribution in [3.8, 4) is 0 Å². The van der Waals surface area contributed by atoms with Gasteiger partial charge in [-0.25, -0.2) is 9.59 Å². The normalized spacial score (nSPS) is 10.6. The minimum Gasteiger partial charge on any atom is -0.465 e. The number of carbonyl (C=O) groups is 2. The average Bonchev–Trinajstić information content (AvgIpc) is 2.79. The molecular weight excluding hydrogens is 378 g/mol. The predicted octanol–water partition coefficient (Wildman–Crippen LogP) is 4.46. The second kappa shape index (κ2) is 10.4. The zero-order chi connectivity index (χ0) is 21.3. The molecular formula is C25H25NO4. The van der Waals surface area contributed by atoms with Crippen molar-refractivity contribution in [1.29, 1.82) is 0 Å². The average molecular weight is 403 g/mol. The van der Waals surface area contributed by atoms with Crippen LogP contribution in [0.2, 0.25) is 0 Å². The van der Waals surface area contributed by atoms with Crippen molar-refractivity contribution in [2.75, 3.05) is 14.2 Å². The monoisotopic (exact) mass is 403 g/mol. The van der Waals surface area contributed by atoms with Crippen molar-refractivity contribution in [1.82, 2.24) is 4.90 Å². The molecule has 30 heavy (non-hydrogen) atoms. The molecule has 0 radical (unpaired) electrons. The van der Waals surface area contributed by atoms with Gasteiger partial charge in [-0.1, -0.05) is 54.6 Å². The minimum atomic E-state index is -0.339. The van der Waals surface area contributed by atoms with E-state index in [9.17, 15) is 9.59 Å². The largest absolute Gasteiger partial charge is 0.465 e. The lowest BCUT2D eigenvalue weighted by molar-refractivity contribution is 0.0592. The molecule has 0 atom stereocenters.